The van der Waals surface area contributed by atoms with Gasteiger partial charge in [0.25, 0.3) is 0 Å². The van der Waals surface area contributed by atoms with E-state index in [0.717, 1.165) is 24.3 Å². The molecule has 2 nitrogen and oxygen atoms in total. The molecule has 0 atom stereocenters. The van der Waals surface area contributed by atoms with Crippen LogP contribution in [0.5, 0.6) is 11.5 Å². The summed E-state index contributed by atoms with van der Waals surface area (Å²) in [6.07, 6.45) is 12.5. The molecule has 0 saturated heterocycles. The zero-order valence-corrected chi connectivity index (χ0v) is 19.9. The molecule has 2 aromatic carbocycles. The van der Waals surface area contributed by atoms with Crippen molar-refractivity contribution in [1.29, 1.82) is 0 Å². The summed E-state index contributed by atoms with van der Waals surface area (Å²) in [7, 11) is 0. The van der Waals surface area contributed by atoms with Gasteiger partial charge in [0.2, 0.25) is 0 Å². The zero-order valence-electron chi connectivity index (χ0n) is 17.0. The Morgan fingerprint density at radius 3 is 1.48 bits per heavy atom. The standard InChI is InChI=1S/2C12H18O.Sn/c2*1-2-3-4-5-8-11-9-6-7-10-12(11)13;/h2*6-7,9-10,13H,2-5,8H2,1H3;/q;;+2/p-2. The van der Waals surface area contributed by atoms with Crippen LogP contribution in [0.1, 0.15) is 76.3 Å². The van der Waals surface area contributed by atoms with E-state index in [9.17, 15) is 0 Å². The molecule has 0 heterocycles. The van der Waals surface area contributed by atoms with Crippen LogP contribution < -0.4 is 6.15 Å². The number of hydrogen-bond acceptors (Lipinski definition) is 2. The molecule has 0 bridgehead atoms. The van der Waals surface area contributed by atoms with E-state index in [-0.39, 0.29) is 0 Å². The molecule has 146 valence electrons. The first-order chi connectivity index (χ1) is 13.3. The number of para-hydroxylation sites is 2. The third-order valence-corrected chi connectivity index (χ3v) is 6.58. The van der Waals surface area contributed by atoms with Crippen molar-refractivity contribution in [1.82, 2.24) is 0 Å². The third kappa shape index (κ3) is 8.59. The molecule has 0 spiro atoms. The Morgan fingerprint density at radius 1 is 0.593 bits per heavy atom. The predicted octanol–water partition coefficient (Wildman–Crippen LogP) is 6.92. The van der Waals surface area contributed by atoms with Crippen LogP contribution >= 0.6 is 0 Å². The summed E-state index contributed by atoms with van der Waals surface area (Å²) < 4.78 is 12.3. The van der Waals surface area contributed by atoms with Crippen molar-refractivity contribution in [3.63, 3.8) is 0 Å². The van der Waals surface area contributed by atoms with Crippen molar-refractivity contribution in [2.45, 2.75) is 78.1 Å². The van der Waals surface area contributed by atoms with Crippen molar-refractivity contribution in [3.8, 4) is 11.5 Å². The Balaban J connectivity index is 1.84. The van der Waals surface area contributed by atoms with E-state index >= 15 is 0 Å². The van der Waals surface area contributed by atoms with Gasteiger partial charge in [-0.15, -0.1) is 0 Å². The van der Waals surface area contributed by atoms with Crippen LogP contribution in [0.25, 0.3) is 0 Å². The molecule has 0 unspecified atom stereocenters. The van der Waals surface area contributed by atoms with Gasteiger partial charge in [-0.1, -0.05) is 0 Å². The van der Waals surface area contributed by atoms with Crippen LogP contribution in [-0.4, -0.2) is 22.0 Å². The number of benzene rings is 2. The van der Waals surface area contributed by atoms with Crippen molar-refractivity contribution >= 4 is 22.0 Å². The summed E-state index contributed by atoms with van der Waals surface area (Å²) in [4.78, 5) is 0. The summed E-state index contributed by atoms with van der Waals surface area (Å²) in [5.41, 5.74) is 2.65. The van der Waals surface area contributed by atoms with E-state index < -0.39 is 22.0 Å². The molecule has 0 aliphatic heterocycles. The van der Waals surface area contributed by atoms with E-state index in [2.05, 4.69) is 62.4 Å². The third-order valence-electron chi connectivity index (χ3n) is 4.85. The Bertz CT molecular complexity index is 586. The Hall–Kier alpha value is -1.16. The minimum absolute atomic E-state index is 1.03. The van der Waals surface area contributed by atoms with E-state index in [1.165, 1.54) is 62.5 Å². The quantitative estimate of drug-likeness (QED) is 0.219. The normalized spacial score (nSPS) is 10.7. The molecular formula is C24H34O2Sn. The molecule has 0 N–H and O–H groups in total. The van der Waals surface area contributed by atoms with Crippen LogP contribution in [-0.2, 0) is 12.8 Å². The molecule has 2 rings (SSSR count). The zero-order chi connectivity index (χ0) is 19.2. The van der Waals surface area contributed by atoms with Gasteiger partial charge in [-0.2, -0.15) is 0 Å². The molecule has 0 saturated carbocycles. The van der Waals surface area contributed by atoms with E-state index in [1.54, 1.807) is 0 Å². The van der Waals surface area contributed by atoms with E-state index in [4.69, 9.17) is 6.15 Å². The molecule has 0 aliphatic carbocycles. The van der Waals surface area contributed by atoms with Gasteiger partial charge >= 0.3 is 177 Å². The molecule has 0 amide bonds. The predicted molar refractivity (Wildman–Crippen MR) is 116 cm³/mol. The molecule has 3 heteroatoms. The van der Waals surface area contributed by atoms with Gasteiger partial charge < -0.3 is 0 Å². The first-order valence-electron chi connectivity index (χ1n) is 10.6. The van der Waals surface area contributed by atoms with Crippen LogP contribution in [0.15, 0.2) is 48.5 Å². The fourth-order valence-electron chi connectivity index (χ4n) is 3.21. The van der Waals surface area contributed by atoms with Gasteiger partial charge in [-0.25, -0.2) is 0 Å². The summed E-state index contributed by atoms with van der Waals surface area (Å²) in [5, 5.41) is 0. The Morgan fingerprint density at radius 2 is 1.04 bits per heavy atom. The van der Waals surface area contributed by atoms with Gasteiger partial charge in [0.15, 0.2) is 0 Å². The second-order valence-electron chi connectivity index (χ2n) is 7.12. The maximum absolute atomic E-state index is 6.14. The van der Waals surface area contributed by atoms with Crippen LogP contribution in [0.3, 0.4) is 0 Å². The number of aryl methyl sites for hydroxylation is 2. The minimum atomic E-state index is -1.40. The molecule has 2 aromatic rings. The number of hydrogen-bond donors (Lipinski definition) is 0. The average Bonchev–Trinajstić information content (AvgIpc) is 2.70. The first kappa shape index (κ1) is 22.1. The Labute approximate surface area is 177 Å². The van der Waals surface area contributed by atoms with Crippen LogP contribution in [0.2, 0.25) is 0 Å². The van der Waals surface area contributed by atoms with Crippen molar-refractivity contribution in [2.24, 2.45) is 0 Å². The molecule has 0 aromatic heterocycles. The summed E-state index contributed by atoms with van der Waals surface area (Å²) in [6.45, 7) is 4.51. The van der Waals surface area contributed by atoms with Gasteiger partial charge in [0.1, 0.15) is 0 Å². The van der Waals surface area contributed by atoms with Gasteiger partial charge in [-0.3, -0.25) is 0 Å². The van der Waals surface area contributed by atoms with Crippen molar-refractivity contribution in [2.75, 3.05) is 0 Å². The second-order valence-corrected chi connectivity index (χ2v) is 8.77. The molecule has 27 heavy (non-hydrogen) atoms. The summed E-state index contributed by atoms with van der Waals surface area (Å²) in [6, 6.07) is 16.9. The van der Waals surface area contributed by atoms with Gasteiger partial charge in [0.05, 0.1) is 0 Å². The Kier molecular flexibility index (Phi) is 11.4. The maximum atomic E-state index is 6.14. The van der Waals surface area contributed by atoms with E-state index in [1.807, 2.05) is 0 Å². The fraction of sp³-hybridized carbons (Fsp3) is 0.500. The van der Waals surface area contributed by atoms with E-state index in [0.29, 0.717) is 0 Å². The van der Waals surface area contributed by atoms with Crippen LogP contribution in [0, 0.1) is 0 Å². The van der Waals surface area contributed by atoms with Gasteiger partial charge in [-0.05, 0) is 0 Å². The number of rotatable bonds is 14. The monoisotopic (exact) mass is 474 g/mol. The number of unbranched alkanes of at least 4 members (excludes halogenated alkanes) is 6. The topological polar surface area (TPSA) is 18.5 Å². The van der Waals surface area contributed by atoms with Gasteiger partial charge in [0, 0.05) is 0 Å². The van der Waals surface area contributed by atoms with Crippen LogP contribution in [0.4, 0.5) is 0 Å². The average molecular weight is 473 g/mol. The summed E-state index contributed by atoms with van der Waals surface area (Å²) >= 11 is -1.40. The molecule has 0 aliphatic rings. The van der Waals surface area contributed by atoms with Crippen molar-refractivity contribution < 1.29 is 6.15 Å². The molecular weight excluding hydrogens is 439 g/mol. The molecule has 2 radical (unpaired) electrons. The summed E-state index contributed by atoms with van der Waals surface area (Å²) in [5.74, 6) is 2.06. The SMILES string of the molecule is CCCCCCc1ccccc1[O][Sn][O]c1ccccc1CCCCCC. The van der Waals surface area contributed by atoms with Crippen molar-refractivity contribution in [3.05, 3.63) is 59.7 Å². The fourth-order valence-corrected chi connectivity index (χ4v) is 4.98. The second kappa shape index (κ2) is 13.9. The first-order valence-corrected chi connectivity index (χ1v) is 12.9. The molecule has 0 fully saturated rings.